The minimum Gasteiger partial charge on any atom is -0.398 e. The molecule has 0 fully saturated rings. The van der Waals surface area contributed by atoms with E-state index in [0.717, 1.165) is 15.6 Å². The van der Waals surface area contributed by atoms with Gasteiger partial charge in [-0.15, -0.1) is 0 Å². The molecule has 3 nitrogen and oxygen atoms in total. The molecule has 0 amide bonds. The van der Waals surface area contributed by atoms with Crippen molar-refractivity contribution in [2.75, 3.05) is 12.8 Å². The Labute approximate surface area is 149 Å². The Hall–Kier alpha value is -1.17. The molecule has 0 radical (unpaired) electrons. The highest BCUT2D eigenvalue weighted by molar-refractivity contribution is 9.10. The molecule has 0 spiro atoms. The normalized spacial score (nSPS) is 14.7. The zero-order valence-corrected chi connectivity index (χ0v) is 16.3. The van der Waals surface area contributed by atoms with E-state index in [1.165, 1.54) is 0 Å². The van der Waals surface area contributed by atoms with Gasteiger partial charge in [-0.05, 0) is 50.1 Å². The molecular weight excluding hydrogens is 372 g/mol. The van der Waals surface area contributed by atoms with Crippen LogP contribution in [-0.4, -0.2) is 20.3 Å². The molecule has 0 saturated carbocycles. The Morgan fingerprint density at radius 3 is 2.30 bits per heavy atom. The maximum atomic E-state index is 12.9. The molecular formula is C18H23BrN2OS. The van der Waals surface area contributed by atoms with E-state index in [9.17, 15) is 4.21 Å². The summed E-state index contributed by atoms with van der Waals surface area (Å²) in [7, 11) is 0.723. The van der Waals surface area contributed by atoms with Gasteiger partial charge in [-0.3, -0.25) is 0 Å². The predicted octanol–water partition coefficient (Wildman–Crippen LogP) is 4.51. The van der Waals surface area contributed by atoms with E-state index in [1.807, 2.05) is 80.7 Å². The van der Waals surface area contributed by atoms with Crippen LogP contribution in [-0.2, 0) is 11.0 Å². The van der Waals surface area contributed by atoms with Gasteiger partial charge in [-0.1, -0.05) is 46.3 Å². The number of nitrogens with zero attached hydrogens (tertiary/aromatic N) is 1. The standard InChI is InChI=1S/C18H23BrN2OS/c1-18(2,3)23(22)21(4)17(13-8-6-5-7-9-13)15-12-14(19)10-11-16(15)20/h5-12,17H,20H2,1-4H3/t17-,23-/m0/s1. The van der Waals surface area contributed by atoms with E-state index in [2.05, 4.69) is 15.9 Å². The molecule has 2 atom stereocenters. The van der Waals surface area contributed by atoms with Crippen LogP contribution < -0.4 is 5.73 Å². The van der Waals surface area contributed by atoms with Crippen LogP contribution in [0.15, 0.2) is 53.0 Å². The fourth-order valence-electron chi connectivity index (χ4n) is 2.53. The van der Waals surface area contributed by atoms with Gasteiger partial charge in [0.25, 0.3) is 0 Å². The molecule has 0 saturated heterocycles. The number of nitrogen functional groups attached to an aromatic ring is 1. The third-order valence-electron chi connectivity index (χ3n) is 3.61. The van der Waals surface area contributed by atoms with E-state index >= 15 is 0 Å². The molecule has 124 valence electrons. The monoisotopic (exact) mass is 394 g/mol. The molecule has 0 unspecified atom stereocenters. The van der Waals surface area contributed by atoms with Crippen LogP contribution in [0.25, 0.3) is 0 Å². The molecule has 2 rings (SSSR count). The van der Waals surface area contributed by atoms with E-state index in [4.69, 9.17) is 5.73 Å². The fourth-order valence-corrected chi connectivity index (χ4v) is 4.20. The predicted molar refractivity (Wildman–Crippen MR) is 102 cm³/mol. The maximum absolute atomic E-state index is 12.9. The topological polar surface area (TPSA) is 46.3 Å². The lowest BCUT2D eigenvalue weighted by atomic mass is 9.97. The Morgan fingerprint density at radius 2 is 1.74 bits per heavy atom. The lowest BCUT2D eigenvalue weighted by molar-refractivity contribution is 0.440. The SMILES string of the molecule is CN([C@@H](c1ccccc1)c1cc(Br)ccc1N)[S@@](=O)C(C)(C)C. The molecule has 2 N–H and O–H groups in total. The lowest BCUT2D eigenvalue weighted by Gasteiger charge is -2.33. The second-order valence-electron chi connectivity index (χ2n) is 6.49. The minimum absolute atomic E-state index is 0.172. The van der Waals surface area contributed by atoms with Gasteiger partial charge in [-0.25, -0.2) is 8.51 Å². The molecule has 5 heteroatoms. The molecule has 0 aliphatic carbocycles. The van der Waals surface area contributed by atoms with Crippen LogP contribution in [0.1, 0.15) is 37.9 Å². The third-order valence-corrected chi connectivity index (χ3v) is 5.88. The van der Waals surface area contributed by atoms with Gasteiger partial charge in [0, 0.05) is 17.2 Å². The second-order valence-corrected chi connectivity index (χ2v) is 9.71. The first-order valence-corrected chi connectivity index (χ1v) is 9.36. The molecule has 23 heavy (non-hydrogen) atoms. The summed E-state index contributed by atoms with van der Waals surface area (Å²) in [6.07, 6.45) is 0. The van der Waals surface area contributed by atoms with Crippen LogP contribution in [0.5, 0.6) is 0 Å². The van der Waals surface area contributed by atoms with Crippen molar-refractivity contribution < 1.29 is 4.21 Å². The first-order chi connectivity index (χ1) is 10.7. The van der Waals surface area contributed by atoms with Crippen LogP contribution in [0, 0.1) is 0 Å². The second kappa shape index (κ2) is 7.16. The summed E-state index contributed by atoms with van der Waals surface area (Å²) in [5.41, 5.74) is 8.94. The van der Waals surface area contributed by atoms with Gasteiger partial charge in [-0.2, -0.15) is 0 Å². The van der Waals surface area contributed by atoms with Gasteiger partial charge in [0.15, 0.2) is 0 Å². The van der Waals surface area contributed by atoms with Crippen LogP contribution in [0.2, 0.25) is 0 Å². The Morgan fingerprint density at radius 1 is 1.13 bits per heavy atom. The molecule has 0 aliphatic heterocycles. The molecule has 0 bridgehead atoms. The van der Waals surface area contributed by atoms with Gasteiger partial charge in [0.1, 0.15) is 11.0 Å². The van der Waals surface area contributed by atoms with Gasteiger partial charge < -0.3 is 5.73 Å². The van der Waals surface area contributed by atoms with Crippen molar-refractivity contribution in [2.24, 2.45) is 0 Å². The zero-order valence-electron chi connectivity index (χ0n) is 13.9. The smallest absolute Gasteiger partial charge is 0.100 e. The zero-order chi connectivity index (χ0) is 17.2. The summed E-state index contributed by atoms with van der Waals surface area (Å²) < 4.78 is 15.4. The number of benzene rings is 2. The summed E-state index contributed by atoms with van der Waals surface area (Å²) in [5.74, 6) is 0. The average molecular weight is 395 g/mol. The molecule has 0 aromatic heterocycles. The number of nitrogens with two attached hydrogens (primary N) is 1. The van der Waals surface area contributed by atoms with Crippen molar-refractivity contribution in [1.82, 2.24) is 4.31 Å². The van der Waals surface area contributed by atoms with Gasteiger partial charge >= 0.3 is 0 Å². The summed E-state index contributed by atoms with van der Waals surface area (Å²) in [4.78, 5) is 0. The van der Waals surface area contributed by atoms with Crippen molar-refractivity contribution in [1.29, 1.82) is 0 Å². The van der Waals surface area contributed by atoms with E-state index < -0.39 is 11.0 Å². The highest BCUT2D eigenvalue weighted by Crippen LogP contribution is 2.35. The molecule has 0 heterocycles. The Kier molecular flexibility index (Phi) is 5.65. The first kappa shape index (κ1) is 18.2. The Balaban J connectivity index is 2.57. The first-order valence-electron chi connectivity index (χ1n) is 7.46. The van der Waals surface area contributed by atoms with Gasteiger partial charge in [0.05, 0.1) is 10.8 Å². The van der Waals surface area contributed by atoms with Crippen molar-refractivity contribution in [2.45, 2.75) is 31.6 Å². The highest BCUT2D eigenvalue weighted by atomic mass is 79.9. The summed E-state index contributed by atoms with van der Waals surface area (Å²) >= 11 is 3.51. The quantitative estimate of drug-likeness (QED) is 0.774. The maximum Gasteiger partial charge on any atom is 0.100 e. The number of hydrogen-bond donors (Lipinski definition) is 1. The summed E-state index contributed by atoms with van der Waals surface area (Å²) in [6, 6.07) is 15.7. The van der Waals surface area contributed by atoms with Gasteiger partial charge in [0.2, 0.25) is 0 Å². The number of rotatable bonds is 4. The van der Waals surface area contributed by atoms with Crippen molar-refractivity contribution in [3.63, 3.8) is 0 Å². The van der Waals surface area contributed by atoms with Crippen molar-refractivity contribution in [3.05, 3.63) is 64.1 Å². The third kappa shape index (κ3) is 4.22. The average Bonchev–Trinajstić information content (AvgIpc) is 2.50. The largest absolute Gasteiger partial charge is 0.398 e. The number of hydrogen-bond acceptors (Lipinski definition) is 2. The van der Waals surface area contributed by atoms with E-state index in [-0.39, 0.29) is 10.8 Å². The van der Waals surface area contributed by atoms with Crippen molar-refractivity contribution in [3.8, 4) is 0 Å². The van der Waals surface area contributed by atoms with E-state index in [0.29, 0.717) is 5.69 Å². The molecule has 2 aromatic rings. The fraction of sp³-hybridized carbons (Fsp3) is 0.333. The molecule has 2 aromatic carbocycles. The molecule has 0 aliphatic rings. The van der Waals surface area contributed by atoms with E-state index in [1.54, 1.807) is 0 Å². The lowest BCUT2D eigenvalue weighted by Crippen LogP contribution is -2.38. The highest BCUT2D eigenvalue weighted by Gasteiger charge is 2.31. The van der Waals surface area contributed by atoms with Crippen LogP contribution in [0.4, 0.5) is 5.69 Å². The summed E-state index contributed by atoms with van der Waals surface area (Å²) in [5, 5.41) is 0. The van der Waals surface area contributed by atoms with Crippen LogP contribution >= 0.6 is 15.9 Å². The minimum atomic E-state index is -1.17. The van der Waals surface area contributed by atoms with Crippen LogP contribution in [0.3, 0.4) is 0 Å². The Bertz CT molecular complexity index is 698. The number of halogens is 1. The van der Waals surface area contributed by atoms with Crippen molar-refractivity contribution >= 4 is 32.6 Å². The number of anilines is 1. The summed E-state index contributed by atoms with van der Waals surface area (Å²) in [6.45, 7) is 5.93.